The normalized spacial score (nSPS) is 11.0. The summed E-state index contributed by atoms with van der Waals surface area (Å²) in [6, 6.07) is 16.1. The van der Waals surface area contributed by atoms with Crippen molar-refractivity contribution in [3.05, 3.63) is 48.5 Å². The van der Waals surface area contributed by atoms with Crippen LogP contribution in [-0.2, 0) is 0 Å². The summed E-state index contributed by atoms with van der Waals surface area (Å²) in [5, 5.41) is 4.62. The van der Waals surface area contributed by atoms with Gasteiger partial charge < -0.3 is 11.5 Å². The van der Waals surface area contributed by atoms with E-state index in [0.717, 1.165) is 22.1 Å². The maximum absolute atomic E-state index is 5.95. The standard InChI is InChI=1S/C14H12N2/c15-10-5-7-11-9(8-10)4-6-13-12(11)2-1-3-14(13)16/h1-8H,15-16H2. The molecule has 0 aromatic heterocycles. The molecule has 0 fully saturated rings. The summed E-state index contributed by atoms with van der Waals surface area (Å²) in [6.45, 7) is 0. The molecule has 0 saturated heterocycles. The molecule has 0 amide bonds. The first-order valence-electron chi connectivity index (χ1n) is 5.22. The van der Waals surface area contributed by atoms with Gasteiger partial charge in [0.2, 0.25) is 0 Å². The highest BCUT2D eigenvalue weighted by Crippen LogP contribution is 2.29. The van der Waals surface area contributed by atoms with E-state index < -0.39 is 0 Å². The zero-order valence-electron chi connectivity index (χ0n) is 8.77. The molecule has 0 aliphatic rings. The van der Waals surface area contributed by atoms with Gasteiger partial charge in [-0.1, -0.05) is 30.3 Å². The third kappa shape index (κ3) is 1.20. The molecule has 0 unspecified atom stereocenters. The highest BCUT2D eigenvalue weighted by atomic mass is 14.6. The second-order valence-corrected chi connectivity index (χ2v) is 3.99. The van der Waals surface area contributed by atoms with Gasteiger partial charge in [0, 0.05) is 16.8 Å². The van der Waals surface area contributed by atoms with Crippen molar-refractivity contribution >= 4 is 32.9 Å². The average Bonchev–Trinajstić information content (AvgIpc) is 2.28. The molecular weight excluding hydrogens is 196 g/mol. The molecule has 4 N–H and O–H groups in total. The van der Waals surface area contributed by atoms with E-state index in [-0.39, 0.29) is 0 Å². The van der Waals surface area contributed by atoms with Crippen LogP contribution in [0.15, 0.2) is 48.5 Å². The van der Waals surface area contributed by atoms with Crippen LogP contribution in [-0.4, -0.2) is 0 Å². The van der Waals surface area contributed by atoms with Gasteiger partial charge in [0.15, 0.2) is 0 Å². The Kier molecular flexibility index (Phi) is 1.77. The predicted octanol–water partition coefficient (Wildman–Crippen LogP) is 3.16. The molecule has 2 nitrogen and oxygen atoms in total. The smallest absolute Gasteiger partial charge is 0.0393 e. The zero-order valence-corrected chi connectivity index (χ0v) is 8.77. The van der Waals surface area contributed by atoms with Crippen molar-refractivity contribution < 1.29 is 0 Å². The third-order valence-electron chi connectivity index (χ3n) is 2.94. The van der Waals surface area contributed by atoms with Gasteiger partial charge in [0.05, 0.1) is 0 Å². The average molecular weight is 208 g/mol. The molecule has 3 aromatic rings. The molecule has 0 saturated carbocycles. The first-order chi connectivity index (χ1) is 7.75. The molecule has 0 atom stereocenters. The molecule has 78 valence electrons. The second kappa shape index (κ2) is 3.14. The van der Waals surface area contributed by atoms with Crippen molar-refractivity contribution in [3.8, 4) is 0 Å². The van der Waals surface area contributed by atoms with Gasteiger partial charge in [-0.2, -0.15) is 0 Å². The number of rotatable bonds is 0. The van der Waals surface area contributed by atoms with E-state index in [9.17, 15) is 0 Å². The van der Waals surface area contributed by atoms with Gasteiger partial charge in [0.1, 0.15) is 0 Å². The lowest BCUT2D eigenvalue weighted by molar-refractivity contribution is 1.73. The minimum absolute atomic E-state index is 0.788. The maximum Gasteiger partial charge on any atom is 0.0393 e. The van der Waals surface area contributed by atoms with Crippen LogP contribution >= 0.6 is 0 Å². The highest BCUT2D eigenvalue weighted by molar-refractivity contribution is 6.11. The number of nitrogens with two attached hydrogens (primary N) is 2. The van der Waals surface area contributed by atoms with Gasteiger partial charge in [-0.05, 0) is 34.4 Å². The van der Waals surface area contributed by atoms with Crippen molar-refractivity contribution in [3.63, 3.8) is 0 Å². The number of hydrogen-bond acceptors (Lipinski definition) is 2. The topological polar surface area (TPSA) is 52.0 Å². The monoisotopic (exact) mass is 208 g/mol. The minimum atomic E-state index is 0.788. The molecule has 0 aliphatic carbocycles. The molecule has 0 radical (unpaired) electrons. The Hall–Kier alpha value is -2.22. The SMILES string of the molecule is Nc1ccc2c(ccc3c(N)cccc32)c1. The van der Waals surface area contributed by atoms with Crippen LogP contribution in [0.1, 0.15) is 0 Å². The fourth-order valence-corrected chi connectivity index (χ4v) is 2.14. The molecule has 0 bridgehead atoms. The van der Waals surface area contributed by atoms with Crippen molar-refractivity contribution in [1.29, 1.82) is 0 Å². The molecule has 16 heavy (non-hydrogen) atoms. The van der Waals surface area contributed by atoms with Crippen LogP contribution in [0.3, 0.4) is 0 Å². The summed E-state index contributed by atoms with van der Waals surface area (Å²) in [6.07, 6.45) is 0. The first kappa shape index (κ1) is 9.04. The van der Waals surface area contributed by atoms with Crippen molar-refractivity contribution in [2.24, 2.45) is 0 Å². The lowest BCUT2D eigenvalue weighted by Crippen LogP contribution is -1.88. The van der Waals surface area contributed by atoms with E-state index in [4.69, 9.17) is 11.5 Å². The Balaban J connectivity index is 2.55. The number of fused-ring (bicyclic) bond motifs is 3. The van der Waals surface area contributed by atoms with Gasteiger partial charge in [-0.25, -0.2) is 0 Å². The van der Waals surface area contributed by atoms with Crippen molar-refractivity contribution in [2.75, 3.05) is 11.5 Å². The van der Waals surface area contributed by atoms with Gasteiger partial charge >= 0.3 is 0 Å². The predicted molar refractivity (Wildman–Crippen MR) is 70.3 cm³/mol. The van der Waals surface area contributed by atoms with Crippen LogP contribution in [0.25, 0.3) is 21.5 Å². The molecule has 3 rings (SSSR count). The highest BCUT2D eigenvalue weighted by Gasteiger charge is 2.02. The molecular formula is C14H12N2. The Bertz CT molecular complexity index is 687. The summed E-state index contributed by atoms with van der Waals surface area (Å²) in [5.74, 6) is 0. The largest absolute Gasteiger partial charge is 0.399 e. The lowest BCUT2D eigenvalue weighted by atomic mass is 10.0. The Morgan fingerprint density at radius 1 is 0.688 bits per heavy atom. The Labute approximate surface area is 93.5 Å². The van der Waals surface area contributed by atoms with Gasteiger partial charge in [-0.15, -0.1) is 0 Å². The molecule has 0 spiro atoms. The fraction of sp³-hybridized carbons (Fsp3) is 0. The molecule has 2 heteroatoms. The van der Waals surface area contributed by atoms with E-state index in [1.807, 2.05) is 36.4 Å². The van der Waals surface area contributed by atoms with Gasteiger partial charge in [0.25, 0.3) is 0 Å². The number of benzene rings is 3. The van der Waals surface area contributed by atoms with E-state index >= 15 is 0 Å². The number of nitrogen functional groups attached to an aromatic ring is 2. The number of anilines is 2. The second-order valence-electron chi connectivity index (χ2n) is 3.99. The van der Waals surface area contributed by atoms with Crippen LogP contribution < -0.4 is 11.5 Å². The summed E-state index contributed by atoms with van der Waals surface area (Å²) in [5.41, 5.74) is 13.3. The van der Waals surface area contributed by atoms with Crippen LogP contribution in [0.2, 0.25) is 0 Å². The molecule has 3 aromatic carbocycles. The van der Waals surface area contributed by atoms with E-state index in [1.54, 1.807) is 0 Å². The molecule has 0 heterocycles. The lowest BCUT2D eigenvalue weighted by Gasteiger charge is -2.06. The zero-order chi connectivity index (χ0) is 11.1. The maximum atomic E-state index is 5.95. The Morgan fingerprint density at radius 3 is 2.38 bits per heavy atom. The molecule has 0 aliphatic heterocycles. The fourth-order valence-electron chi connectivity index (χ4n) is 2.14. The summed E-state index contributed by atoms with van der Waals surface area (Å²) in [7, 11) is 0. The summed E-state index contributed by atoms with van der Waals surface area (Å²) >= 11 is 0. The summed E-state index contributed by atoms with van der Waals surface area (Å²) in [4.78, 5) is 0. The first-order valence-corrected chi connectivity index (χ1v) is 5.22. The summed E-state index contributed by atoms with van der Waals surface area (Å²) < 4.78 is 0. The van der Waals surface area contributed by atoms with E-state index in [2.05, 4.69) is 12.1 Å². The van der Waals surface area contributed by atoms with Crippen LogP contribution in [0.4, 0.5) is 11.4 Å². The van der Waals surface area contributed by atoms with E-state index in [0.29, 0.717) is 0 Å². The Morgan fingerprint density at radius 2 is 1.50 bits per heavy atom. The van der Waals surface area contributed by atoms with Crippen LogP contribution in [0.5, 0.6) is 0 Å². The van der Waals surface area contributed by atoms with Crippen molar-refractivity contribution in [2.45, 2.75) is 0 Å². The third-order valence-corrected chi connectivity index (χ3v) is 2.94. The van der Waals surface area contributed by atoms with Crippen LogP contribution in [0, 0.1) is 0 Å². The minimum Gasteiger partial charge on any atom is -0.399 e. The van der Waals surface area contributed by atoms with Gasteiger partial charge in [-0.3, -0.25) is 0 Å². The van der Waals surface area contributed by atoms with Crippen molar-refractivity contribution in [1.82, 2.24) is 0 Å². The van der Waals surface area contributed by atoms with E-state index in [1.165, 1.54) is 10.8 Å². The number of hydrogen-bond donors (Lipinski definition) is 2. The quantitative estimate of drug-likeness (QED) is 0.440.